The molecule has 0 spiro atoms. The largest absolute Gasteiger partial charge is 0.461 e. The zero-order chi connectivity index (χ0) is 20.0. The Balaban J connectivity index is 1.56. The van der Waals surface area contributed by atoms with Crippen LogP contribution in [0.4, 0.5) is 0 Å². The zero-order valence-electron chi connectivity index (χ0n) is 17.1. The van der Waals surface area contributed by atoms with Gasteiger partial charge in [-0.25, -0.2) is 0 Å². The fraction of sp³-hybridized carbons (Fsp3) is 0.417. The predicted octanol–water partition coefficient (Wildman–Crippen LogP) is 4.88. The minimum atomic E-state index is -0.461. The van der Waals surface area contributed by atoms with Crippen LogP contribution in [0.2, 0.25) is 0 Å². The van der Waals surface area contributed by atoms with Crippen molar-refractivity contribution in [1.29, 1.82) is 0 Å². The Morgan fingerprint density at radius 3 is 2.29 bits per heavy atom. The molecule has 0 saturated carbocycles. The Kier molecular flexibility index (Phi) is 6.89. The van der Waals surface area contributed by atoms with E-state index in [0.29, 0.717) is 13.2 Å². The van der Waals surface area contributed by atoms with Crippen molar-refractivity contribution in [3.8, 4) is 5.75 Å². The van der Waals surface area contributed by atoms with Crippen molar-refractivity contribution in [3.05, 3.63) is 77.9 Å². The molecular weight excluding hydrogens is 352 g/mol. The van der Waals surface area contributed by atoms with Gasteiger partial charge in [-0.15, -0.1) is 0 Å². The van der Waals surface area contributed by atoms with E-state index in [2.05, 4.69) is 32.9 Å². The van der Waals surface area contributed by atoms with Gasteiger partial charge in [-0.3, -0.25) is 0 Å². The summed E-state index contributed by atoms with van der Waals surface area (Å²) in [7, 11) is 1.68. The average Bonchev–Trinajstić information content (AvgIpc) is 2.69. The highest BCUT2D eigenvalue weighted by Crippen LogP contribution is 2.26. The number of benzene rings is 2. The Hall–Kier alpha value is -2.14. The van der Waals surface area contributed by atoms with Gasteiger partial charge in [0.05, 0.1) is 13.2 Å². The maximum Gasteiger partial charge on any atom is 0.220 e. The first-order chi connectivity index (χ1) is 13.5. The third-order valence-electron chi connectivity index (χ3n) is 4.77. The number of methoxy groups -OCH3 is 1. The van der Waals surface area contributed by atoms with Crippen molar-refractivity contribution in [2.24, 2.45) is 0 Å². The SMILES string of the molecule is CO[C@@H]1C=C[C@@H](Oc2ccc(C(C)(C)C)cc2)O[C@@H]1COCc1ccccc1. The van der Waals surface area contributed by atoms with E-state index in [0.717, 1.165) is 11.3 Å². The number of hydrogen-bond acceptors (Lipinski definition) is 4. The van der Waals surface area contributed by atoms with Crippen LogP contribution in [0.1, 0.15) is 31.9 Å². The van der Waals surface area contributed by atoms with Crippen molar-refractivity contribution in [2.45, 2.75) is 51.3 Å². The van der Waals surface area contributed by atoms with Gasteiger partial charge in [-0.05, 0) is 34.8 Å². The molecule has 28 heavy (non-hydrogen) atoms. The molecule has 0 N–H and O–H groups in total. The number of ether oxygens (including phenoxy) is 4. The molecule has 0 unspecified atom stereocenters. The summed E-state index contributed by atoms with van der Waals surface area (Å²) in [5.41, 5.74) is 2.52. The van der Waals surface area contributed by atoms with Gasteiger partial charge in [0.2, 0.25) is 6.29 Å². The Labute approximate surface area is 168 Å². The summed E-state index contributed by atoms with van der Waals surface area (Å²) in [5.74, 6) is 0.780. The molecule has 0 aliphatic carbocycles. The van der Waals surface area contributed by atoms with Gasteiger partial charge in [0.15, 0.2) is 0 Å². The molecule has 4 heteroatoms. The summed E-state index contributed by atoms with van der Waals surface area (Å²) < 4.78 is 23.4. The normalized spacial score (nSPS) is 22.2. The second-order valence-electron chi connectivity index (χ2n) is 8.02. The highest BCUT2D eigenvalue weighted by Gasteiger charge is 2.28. The monoisotopic (exact) mass is 382 g/mol. The van der Waals surface area contributed by atoms with E-state index in [1.54, 1.807) is 7.11 Å². The lowest BCUT2D eigenvalue weighted by Gasteiger charge is -2.31. The molecule has 150 valence electrons. The van der Waals surface area contributed by atoms with Crippen LogP contribution in [0.5, 0.6) is 5.75 Å². The quantitative estimate of drug-likeness (QED) is 0.640. The van der Waals surface area contributed by atoms with Gasteiger partial charge in [-0.2, -0.15) is 0 Å². The van der Waals surface area contributed by atoms with Gasteiger partial charge < -0.3 is 18.9 Å². The van der Waals surface area contributed by atoms with Crippen molar-refractivity contribution >= 4 is 0 Å². The van der Waals surface area contributed by atoms with Gasteiger partial charge in [0.1, 0.15) is 18.0 Å². The number of rotatable bonds is 7. The Morgan fingerprint density at radius 2 is 1.64 bits per heavy atom. The second kappa shape index (κ2) is 9.37. The van der Waals surface area contributed by atoms with Crippen LogP contribution in [0, 0.1) is 0 Å². The summed E-state index contributed by atoms with van der Waals surface area (Å²) in [4.78, 5) is 0. The maximum atomic E-state index is 6.07. The van der Waals surface area contributed by atoms with Crippen LogP contribution < -0.4 is 4.74 Å². The third-order valence-corrected chi connectivity index (χ3v) is 4.77. The smallest absolute Gasteiger partial charge is 0.220 e. The van der Waals surface area contributed by atoms with Crippen LogP contribution >= 0.6 is 0 Å². The minimum Gasteiger partial charge on any atom is -0.461 e. The van der Waals surface area contributed by atoms with Crippen molar-refractivity contribution in [1.82, 2.24) is 0 Å². The summed E-state index contributed by atoms with van der Waals surface area (Å²) in [6.45, 7) is 7.56. The molecule has 1 heterocycles. The lowest BCUT2D eigenvalue weighted by Crippen LogP contribution is -2.41. The van der Waals surface area contributed by atoms with Crippen molar-refractivity contribution < 1.29 is 18.9 Å². The van der Waals surface area contributed by atoms with E-state index in [9.17, 15) is 0 Å². The van der Waals surface area contributed by atoms with E-state index in [-0.39, 0.29) is 17.6 Å². The molecule has 3 rings (SSSR count). The molecule has 4 nitrogen and oxygen atoms in total. The molecule has 0 radical (unpaired) electrons. The lowest BCUT2D eigenvalue weighted by atomic mass is 9.87. The molecule has 1 aliphatic rings. The first-order valence-electron chi connectivity index (χ1n) is 9.71. The van der Waals surface area contributed by atoms with E-state index in [1.807, 2.05) is 54.6 Å². The standard InChI is InChI=1S/C24H30O4/c1-24(2,3)19-10-12-20(13-11-19)27-23-15-14-21(25-4)22(28-23)17-26-16-18-8-6-5-7-9-18/h5-15,21-23H,16-17H2,1-4H3/t21-,22-,23+/m1/s1. The van der Waals surface area contributed by atoms with Gasteiger partial charge >= 0.3 is 0 Å². The van der Waals surface area contributed by atoms with Gasteiger partial charge in [0, 0.05) is 7.11 Å². The summed E-state index contributed by atoms with van der Waals surface area (Å²) >= 11 is 0. The lowest BCUT2D eigenvalue weighted by molar-refractivity contribution is -0.157. The summed E-state index contributed by atoms with van der Waals surface area (Å²) in [6, 6.07) is 18.3. The van der Waals surface area contributed by atoms with Crippen LogP contribution in [0.15, 0.2) is 66.7 Å². The van der Waals surface area contributed by atoms with E-state index < -0.39 is 6.29 Å². The topological polar surface area (TPSA) is 36.9 Å². The van der Waals surface area contributed by atoms with Crippen molar-refractivity contribution in [2.75, 3.05) is 13.7 Å². The molecular formula is C24H30O4. The Bertz CT molecular complexity index is 746. The molecule has 3 atom stereocenters. The molecule has 0 bridgehead atoms. The van der Waals surface area contributed by atoms with Crippen LogP contribution in [0.25, 0.3) is 0 Å². The highest BCUT2D eigenvalue weighted by atomic mass is 16.7. The fourth-order valence-electron chi connectivity index (χ4n) is 3.09. The summed E-state index contributed by atoms with van der Waals surface area (Å²) in [5, 5.41) is 0. The zero-order valence-corrected chi connectivity index (χ0v) is 17.1. The van der Waals surface area contributed by atoms with Crippen LogP contribution in [-0.4, -0.2) is 32.2 Å². The molecule has 0 aromatic heterocycles. The van der Waals surface area contributed by atoms with Gasteiger partial charge in [0.25, 0.3) is 0 Å². The first-order valence-corrected chi connectivity index (χ1v) is 9.71. The summed E-state index contributed by atoms with van der Waals surface area (Å²) in [6.07, 6.45) is 3.03. The van der Waals surface area contributed by atoms with Crippen LogP contribution in [-0.2, 0) is 26.2 Å². The van der Waals surface area contributed by atoms with E-state index in [1.165, 1.54) is 5.56 Å². The third kappa shape index (κ3) is 5.68. The second-order valence-corrected chi connectivity index (χ2v) is 8.02. The first kappa shape index (κ1) is 20.6. The maximum absolute atomic E-state index is 6.07. The predicted molar refractivity (Wildman–Crippen MR) is 110 cm³/mol. The average molecular weight is 383 g/mol. The minimum absolute atomic E-state index is 0.118. The van der Waals surface area contributed by atoms with E-state index in [4.69, 9.17) is 18.9 Å². The van der Waals surface area contributed by atoms with Crippen molar-refractivity contribution in [3.63, 3.8) is 0 Å². The van der Waals surface area contributed by atoms with Gasteiger partial charge in [-0.1, -0.05) is 69.3 Å². The molecule has 0 amide bonds. The molecule has 2 aromatic carbocycles. The Morgan fingerprint density at radius 1 is 0.929 bits per heavy atom. The number of hydrogen-bond donors (Lipinski definition) is 0. The molecule has 1 aliphatic heterocycles. The van der Waals surface area contributed by atoms with Crippen LogP contribution in [0.3, 0.4) is 0 Å². The highest BCUT2D eigenvalue weighted by molar-refractivity contribution is 5.31. The molecule has 2 aromatic rings. The molecule has 0 saturated heterocycles. The molecule has 0 fully saturated rings. The van der Waals surface area contributed by atoms with E-state index >= 15 is 0 Å². The fourth-order valence-corrected chi connectivity index (χ4v) is 3.09.